The van der Waals surface area contributed by atoms with Gasteiger partial charge in [-0.25, -0.2) is 8.42 Å². The molecule has 0 aliphatic carbocycles. The fourth-order valence-electron chi connectivity index (χ4n) is 1.42. The Balaban J connectivity index is 2.25. The topological polar surface area (TPSA) is 55.4 Å². The van der Waals surface area contributed by atoms with Crippen LogP contribution in [0.2, 0.25) is 0 Å². The van der Waals surface area contributed by atoms with Gasteiger partial charge in [0, 0.05) is 5.69 Å². The number of anilines is 1. The van der Waals surface area contributed by atoms with Crippen LogP contribution in [0.4, 0.5) is 5.69 Å². The second-order valence-corrected chi connectivity index (χ2v) is 5.25. The Labute approximate surface area is 106 Å². The van der Waals surface area contributed by atoms with E-state index >= 15 is 0 Å². The standard InChI is InChI=1S/C13H12NO3S/c1-17-12-7-9-13(10-8-12)18(15,16)14-11-5-3-2-4-6-11/h3-10,14H,1H3. The molecule has 0 aliphatic rings. The van der Waals surface area contributed by atoms with Gasteiger partial charge in [0.1, 0.15) is 5.75 Å². The Bertz CT molecular complexity index is 606. The first-order valence-electron chi connectivity index (χ1n) is 5.25. The lowest BCUT2D eigenvalue weighted by Gasteiger charge is -2.08. The maximum atomic E-state index is 12.0. The Hall–Kier alpha value is -2.01. The van der Waals surface area contributed by atoms with Gasteiger partial charge in [-0.05, 0) is 42.5 Å². The summed E-state index contributed by atoms with van der Waals surface area (Å²) in [6, 6.07) is 15.6. The van der Waals surface area contributed by atoms with Crippen LogP contribution in [0.15, 0.2) is 53.4 Å². The normalized spacial score (nSPS) is 10.9. The number of hydrogen-bond donors (Lipinski definition) is 1. The van der Waals surface area contributed by atoms with Gasteiger partial charge in [-0.15, -0.1) is 0 Å². The summed E-state index contributed by atoms with van der Waals surface area (Å²) in [4.78, 5) is 0.191. The van der Waals surface area contributed by atoms with Gasteiger partial charge < -0.3 is 4.74 Å². The zero-order valence-electron chi connectivity index (χ0n) is 9.75. The van der Waals surface area contributed by atoms with Crippen molar-refractivity contribution in [3.05, 3.63) is 54.6 Å². The van der Waals surface area contributed by atoms with Gasteiger partial charge >= 0.3 is 0 Å². The van der Waals surface area contributed by atoms with Gasteiger partial charge in [0.15, 0.2) is 0 Å². The van der Waals surface area contributed by atoms with Crippen molar-refractivity contribution in [1.82, 2.24) is 0 Å². The number of hydrogen-bond acceptors (Lipinski definition) is 3. The van der Waals surface area contributed by atoms with E-state index in [0.29, 0.717) is 11.4 Å². The molecule has 0 atom stereocenters. The Kier molecular flexibility index (Phi) is 3.53. The van der Waals surface area contributed by atoms with E-state index < -0.39 is 10.0 Å². The van der Waals surface area contributed by atoms with Crippen molar-refractivity contribution in [2.24, 2.45) is 0 Å². The van der Waals surface area contributed by atoms with E-state index in [1.165, 1.54) is 19.2 Å². The van der Waals surface area contributed by atoms with Crippen molar-refractivity contribution in [2.75, 3.05) is 11.8 Å². The number of methoxy groups -OCH3 is 1. The summed E-state index contributed by atoms with van der Waals surface area (Å²) in [7, 11) is -2.03. The van der Waals surface area contributed by atoms with E-state index in [2.05, 4.69) is 10.8 Å². The molecular weight excluding hydrogens is 250 g/mol. The molecule has 0 unspecified atom stereocenters. The zero-order valence-corrected chi connectivity index (χ0v) is 10.6. The first kappa shape index (κ1) is 12.4. The number of sulfonamides is 1. The van der Waals surface area contributed by atoms with Crippen LogP contribution in [-0.4, -0.2) is 15.5 Å². The molecule has 4 nitrogen and oxygen atoms in total. The quantitative estimate of drug-likeness (QED) is 0.919. The van der Waals surface area contributed by atoms with E-state index in [1.807, 2.05) is 0 Å². The highest BCUT2D eigenvalue weighted by atomic mass is 32.2. The predicted octanol–water partition coefficient (Wildman–Crippen LogP) is 2.30. The summed E-state index contributed by atoms with van der Waals surface area (Å²) < 4.78 is 31.5. The van der Waals surface area contributed by atoms with E-state index in [4.69, 9.17) is 4.74 Å². The molecular formula is C13H12NO3S. The molecule has 0 amide bonds. The van der Waals surface area contributed by atoms with Crippen LogP contribution >= 0.6 is 0 Å². The third kappa shape index (κ3) is 2.81. The van der Waals surface area contributed by atoms with Crippen LogP contribution in [0.1, 0.15) is 0 Å². The molecule has 0 spiro atoms. The molecule has 18 heavy (non-hydrogen) atoms. The van der Waals surface area contributed by atoms with Crippen LogP contribution in [0.5, 0.6) is 5.75 Å². The summed E-state index contributed by atoms with van der Waals surface area (Å²) >= 11 is 0. The molecule has 0 aliphatic heterocycles. The van der Waals surface area contributed by atoms with Crippen LogP contribution in [0, 0.1) is 6.07 Å². The molecule has 0 aromatic heterocycles. The number of benzene rings is 2. The average molecular weight is 262 g/mol. The highest BCUT2D eigenvalue weighted by molar-refractivity contribution is 7.92. The fraction of sp³-hybridized carbons (Fsp3) is 0.0769. The number of rotatable bonds is 4. The zero-order chi connectivity index (χ0) is 13.0. The van der Waals surface area contributed by atoms with Gasteiger partial charge in [-0.1, -0.05) is 12.1 Å². The first-order valence-corrected chi connectivity index (χ1v) is 6.73. The number of ether oxygens (including phenoxy) is 1. The molecule has 2 rings (SSSR count). The smallest absolute Gasteiger partial charge is 0.261 e. The molecule has 93 valence electrons. The fourth-order valence-corrected chi connectivity index (χ4v) is 2.48. The van der Waals surface area contributed by atoms with Gasteiger partial charge in [0.05, 0.1) is 12.0 Å². The van der Waals surface area contributed by atoms with Crippen LogP contribution in [0.3, 0.4) is 0 Å². The van der Waals surface area contributed by atoms with E-state index in [9.17, 15) is 8.42 Å². The van der Waals surface area contributed by atoms with Crippen molar-refractivity contribution in [3.8, 4) is 5.75 Å². The minimum absolute atomic E-state index is 0.191. The van der Waals surface area contributed by atoms with Crippen molar-refractivity contribution < 1.29 is 13.2 Å². The highest BCUT2D eigenvalue weighted by Crippen LogP contribution is 2.18. The van der Waals surface area contributed by atoms with Gasteiger partial charge in [-0.3, -0.25) is 4.72 Å². The maximum absolute atomic E-state index is 12.0. The van der Waals surface area contributed by atoms with E-state index in [0.717, 1.165) is 0 Å². The molecule has 2 aromatic rings. The van der Waals surface area contributed by atoms with Crippen molar-refractivity contribution in [2.45, 2.75) is 4.90 Å². The van der Waals surface area contributed by atoms with Crippen molar-refractivity contribution >= 4 is 15.7 Å². The summed E-state index contributed by atoms with van der Waals surface area (Å²) in [5, 5.41) is 0. The maximum Gasteiger partial charge on any atom is 0.261 e. The first-order chi connectivity index (χ1) is 8.62. The second-order valence-electron chi connectivity index (χ2n) is 3.57. The summed E-state index contributed by atoms with van der Waals surface area (Å²) in [6.07, 6.45) is 0. The third-order valence-electron chi connectivity index (χ3n) is 2.34. The van der Waals surface area contributed by atoms with Gasteiger partial charge in [0.25, 0.3) is 10.0 Å². The van der Waals surface area contributed by atoms with E-state index in [1.54, 1.807) is 36.4 Å². The van der Waals surface area contributed by atoms with Gasteiger partial charge in [0.2, 0.25) is 0 Å². The monoisotopic (exact) mass is 262 g/mol. The van der Waals surface area contributed by atoms with Gasteiger partial charge in [-0.2, -0.15) is 0 Å². The lowest BCUT2D eigenvalue weighted by molar-refractivity contribution is 0.414. The lowest BCUT2D eigenvalue weighted by atomic mass is 10.3. The number of nitrogens with one attached hydrogen (secondary N) is 1. The molecule has 0 saturated heterocycles. The largest absolute Gasteiger partial charge is 0.497 e. The van der Waals surface area contributed by atoms with Crippen molar-refractivity contribution in [1.29, 1.82) is 0 Å². The molecule has 1 radical (unpaired) electrons. The average Bonchev–Trinajstić information content (AvgIpc) is 2.39. The summed E-state index contributed by atoms with van der Waals surface area (Å²) in [5.41, 5.74) is 0.504. The minimum atomic E-state index is -3.56. The molecule has 1 N–H and O–H groups in total. The third-order valence-corrected chi connectivity index (χ3v) is 3.74. The summed E-state index contributed by atoms with van der Waals surface area (Å²) in [6.45, 7) is 0. The molecule has 0 bridgehead atoms. The molecule has 2 aromatic carbocycles. The second kappa shape index (κ2) is 5.10. The minimum Gasteiger partial charge on any atom is -0.497 e. The predicted molar refractivity (Wildman–Crippen MR) is 69.1 cm³/mol. The lowest BCUT2D eigenvalue weighted by Crippen LogP contribution is -2.12. The van der Waals surface area contributed by atoms with Crippen LogP contribution < -0.4 is 9.46 Å². The van der Waals surface area contributed by atoms with Crippen molar-refractivity contribution in [3.63, 3.8) is 0 Å². The Morgan fingerprint density at radius 1 is 1.06 bits per heavy atom. The Morgan fingerprint density at radius 3 is 2.22 bits per heavy atom. The van der Waals surface area contributed by atoms with Crippen LogP contribution in [0.25, 0.3) is 0 Å². The summed E-state index contributed by atoms with van der Waals surface area (Å²) in [5.74, 6) is 0.614. The Morgan fingerprint density at radius 2 is 1.67 bits per heavy atom. The highest BCUT2D eigenvalue weighted by Gasteiger charge is 2.13. The molecule has 5 heteroatoms. The SMILES string of the molecule is COc1ccc(S(=O)(=O)Nc2cc[c]cc2)cc1. The van der Waals surface area contributed by atoms with E-state index in [-0.39, 0.29) is 4.90 Å². The molecule has 0 fully saturated rings. The van der Waals surface area contributed by atoms with Crippen LogP contribution in [-0.2, 0) is 10.0 Å². The molecule has 0 saturated carbocycles. The molecule has 0 heterocycles.